The summed E-state index contributed by atoms with van der Waals surface area (Å²) in [6.07, 6.45) is 4.67. The molecule has 0 bridgehead atoms. The fraction of sp³-hybridized carbons (Fsp3) is 0.556. The number of nitrogens with one attached hydrogen (secondary N) is 1. The van der Waals surface area contributed by atoms with Crippen molar-refractivity contribution < 1.29 is 9.53 Å². The highest BCUT2D eigenvalue weighted by Crippen LogP contribution is 2.45. The van der Waals surface area contributed by atoms with Gasteiger partial charge in [0.25, 0.3) is 5.56 Å². The molecule has 26 heavy (non-hydrogen) atoms. The van der Waals surface area contributed by atoms with Crippen LogP contribution in [0, 0.1) is 0 Å². The molecule has 0 aromatic carbocycles. The quantitative estimate of drug-likeness (QED) is 0.838. The van der Waals surface area contributed by atoms with Gasteiger partial charge in [-0.1, -0.05) is 0 Å². The monoisotopic (exact) mass is 357 g/mol. The van der Waals surface area contributed by atoms with Gasteiger partial charge in [-0.05, 0) is 39.7 Å². The molecule has 3 heterocycles. The Balaban J connectivity index is 1.56. The van der Waals surface area contributed by atoms with Gasteiger partial charge in [-0.3, -0.25) is 9.69 Å². The summed E-state index contributed by atoms with van der Waals surface area (Å²) in [5.41, 5.74) is -0.283. The van der Waals surface area contributed by atoms with Crippen molar-refractivity contribution in [2.75, 3.05) is 24.5 Å². The molecular formula is C18H23N5O3. The third-order valence-electron chi connectivity index (χ3n) is 4.93. The van der Waals surface area contributed by atoms with Gasteiger partial charge in [0, 0.05) is 19.6 Å². The molecule has 1 saturated carbocycles. The van der Waals surface area contributed by atoms with E-state index in [1.54, 1.807) is 12.3 Å². The van der Waals surface area contributed by atoms with E-state index in [-0.39, 0.29) is 17.2 Å². The number of pyridine rings is 1. The van der Waals surface area contributed by atoms with E-state index in [0.29, 0.717) is 30.5 Å². The molecule has 2 aromatic heterocycles. The van der Waals surface area contributed by atoms with Crippen molar-refractivity contribution in [2.45, 2.75) is 44.8 Å². The van der Waals surface area contributed by atoms with Gasteiger partial charge in [-0.25, -0.2) is 14.8 Å². The second kappa shape index (κ2) is 5.69. The number of anilines is 1. The molecule has 2 aliphatic rings. The van der Waals surface area contributed by atoms with Gasteiger partial charge in [-0.2, -0.15) is 0 Å². The number of rotatable bonds is 1. The number of carbonyl (C=O) groups excluding carboxylic acids is 1. The lowest BCUT2D eigenvalue weighted by molar-refractivity contribution is 0.0106. The second-order valence-electron chi connectivity index (χ2n) is 8.07. The molecule has 8 heteroatoms. The fourth-order valence-electron chi connectivity index (χ4n) is 3.48. The SMILES string of the molecule is CC(C)(C)OC(=O)N1CCN(c2cc3c(=O)[nH]cnc3cn2)CC12CC2. The molecule has 1 spiro atoms. The Morgan fingerprint density at radius 2 is 2.04 bits per heavy atom. The molecule has 1 amide bonds. The van der Waals surface area contributed by atoms with Crippen molar-refractivity contribution in [2.24, 2.45) is 0 Å². The molecule has 4 rings (SSSR count). The fourth-order valence-corrected chi connectivity index (χ4v) is 3.48. The van der Waals surface area contributed by atoms with E-state index in [1.165, 1.54) is 6.33 Å². The minimum absolute atomic E-state index is 0.174. The zero-order valence-corrected chi connectivity index (χ0v) is 15.3. The largest absolute Gasteiger partial charge is 0.444 e. The molecular weight excluding hydrogens is 334 g/mol. The first kappa shape index (κ1) is 16.8. The van der Waals surface area contributed by atoms with Gasteiger partial charge in [0.1, 0.15) is 11.4 Å². The molecule has 1 aliphatic heterocycles. The van der Waals surface area contributed by atoms with Crippen LogP contribution in [0.4, 0.5) is 10.6 Å². The second-order valence-corrected chi connectivity index (χ2v) is 8.07. The number of piperazine rings is 1. The van der Waals surface area contributed by atoms with Gasteiger partial charge in [0.15, 0.2) is 0 Å². The maximum absolute atomic E-state index is 12.5. The predicted octanol–water partition coefficient (Wildman–Crippen LogP) is 1.91. The first-order valence-electron chi connectivity index (χ1n) is 8.86. The summed E-state index contributed by atoms with van der Waals surface area (Å²) >= 11 is 0. The number of amides is 1. The van der Waals surface area contributed by atoms with E-state index in [4.69, 9.17) is 4.74 Å². The topological polar surface area (TPSA) is 91.4 Å². The third kappa shape index (κ3) is 3.00. The molecule has 8 nitrogen and oxygen atoms in total. The van der Waals surface area contributed by atoms with E-state index in [0.717, 1.165) is 18.7 Å². The standard InChI is InChI=1S/C18H23N5O3/c1-17(2,3)26-16(25)23-7-6-22(10-18(23)4-5-18)14-8-12-13(9-19-14)20-11-21-15(12)24/h8-9,11H,4-7,10H2,1-3H3,(H,20,21,24). The summed E-state index contributed by atoms with van der Waals surface area (Å²) in [6, 6.07) is 1.78. The first-order valence-corrected chi connectivity index (χ1v) is 8.86. The maximum atomic E-state index is 12.5. The molecule has 2 aromatic rings. The molecule has 2 fully saturated rings. The average Bonchev–Trinajstić information content (AvgIpc) is 3.32. The van der Waals surface area contributed by atoms with E-state index in [1.807, 2.05) is 25.7 Å². The number of fused-ring (bicyclic) bond motifs is 1. The number of aromatic nitrogens is 3. The van der Waals surface area contributed by atoms with Crippen molar-refractivity contribution in [1.82, 2.24) is 19.9 Å². The van der Waals surface area contributed by atoms with Crippen LogP contribution in [0.25, 0.3) is 10.9 Å². The maximum Gasteiger partial charge on any atom is 0.410 e. The van der Waals surface area contributed by atoms with Crippen LogP contribution < -0.4 is 10.5 Å². The number of hydrogen-bond donors (Lipinski definition) is 1. The van der Waals surface area contributed by atoms with Gasteiger partial charge >= 0.3 is 6.09 Å². The van der Waals surface area contributed by atoms with Crippen LogP contribution in [0.15, 0.2) is 23.4 Å². The predicted molar refractivity (Wildman–Crippen MR) is 97.3 cm³/mol. The number of H-pyrrole nitrogens is 1. The summed E-state index contributed by atoms with van der Waals surface area (Å²) in [5.74, 6) is 0.742. The van der Waals surface area contributed by atoms with Crippen LogP contribution in [-0.4, -0.2) is 56.7 Å². The number of carbonyl (C=O) groups is 1. The smallest absolute Gasteiger partial charge is 0.410 e. The molecule has 1 N–H and O–H groups in total. The van der Waals surface area contributed by atoms with Crippen LogP contribution in [-0.2, 0) is 4.74 Å². The molecule has 0 radical (unpaired) electrons. The average molecular weight is 357 g/mol. The number of aromatic amines is 1. The summed E-state index contributed by atoms with van der Waals surface area (Å²) in [4.78, 5) is 39.8. The zero-order chi connectivity index (χ0) is 18.5. The third-order valence-corrected chi connectivity index (χ3v) is 4.93. The van der Waals surface area contributed by atoms with Crippen LogP contribution in [0.5, 0.6) is 0 Å². The Hall–Kier alpha value is -2.64. The van der Waals surface area contributed by atoms with Gasteiger partial charge in [-0.15, -0.1) is 0 Å². The summed E-state index contributed by atoms with van der Waals surface area (Å²) in [6.45, 7) is 7.57. The highest BCUT2D eigenvalue weighted by Gasteiger charge is 2.54. The Labute approximate surface area is 151 Å². The Morgan fingerprint density at radius 3 is 2.73 bits per heavy atom. The van der Waals surface area contributed by atoms with Gasteiger partial charge < -0.3 is 14.6 Å². The minimum atomic E-state index is -0.502. The number of ether oxygens (including phenoxy) is 1. The molecule has 138 valence electrons. The van der Waals surface area contributed by atoms with Crippen LogP contribution >= 0.6 is 0 Å². The van der Waals surface area contributed by atoms with Crippen molar-refractivity contribution in [1.29, 1.82) is 0 Å². The summed E-state index contributed by atoms with van der Waals surface area (Å²) < 4.78 is 5.57. The highest BCUT2D eigenvalue weighted by molar-refractivity contribution is 5.79. The normalized spacial score (nSPS) is 19.0. The van der Waals surface area contributed by atoms with E-state index < -0.39 is 5.60 Å². The van der Waals surface area contributed by atoms with Crippen molar-refractivity contribution >= 4 is 22.8 Å². The van der Waals surface area contributed by atoms with E-state index in [2.05, 4.69) is 19.9 Å². The first-order chi connectivity index (χ1) is 12.3. The molecule has 1 aliphatic carbocycles. The zero-order valence-electron chi connectivity index (χ0n) is 15.3. The highest BCUT2D eigenvalue weighted by atomic mass is 16.6. The molecule has 0 unspecified atom stereocenters. The Bertz CT molecular complexity index is 913. The van der Waals surface area contributed by atoms with Crippen molar-refractivity contribution in [3.05, 3.63) is 28.9 Å². The Kier molecular flexibility index (Phi) is 3.68. The lowest BCUT2D eigenvalue weighted by Crippen LogP contribution is -2.58. The van der Waals surface area contributed by atoms with Crippen molar-refractivity contribution in [3.63, 3.8) is 0 Å². The number of hydrogen-bond acceptors (Lipinski definition) is 6. The minimum Gasteiger partial charge on any atom is -0.444 e. The molecule has 0 atom stereocenters. The van der Waals surface area contributed by atoms with Gasteiger partial charge in [0.2, 0.25) is 0 Å². The lowest BCUT2D eigenvalue weighted by atomic mass is 10.1. The van der Waals surface area contributed by atoms with Crippen LogP contribution in [0.1, 0.15) is 33.6 Å². The van der Waals surface area contributed by atoms with Crippen molar-refractivity contribution in [3.8, 4) is 0 Å². The molecule has 1 saturated heterocycles. The van der Waals surface area contributed by atoms with Crippen LogP contribution in [0.3, 0.4) is 0 Å². The van der Waals surface area contributed by atoms with Crippen LogP contribution in [0.2, 0.25) is 0 Å². The van der Waals surface area contributed by atoms with Gasteiger partial charge in [0.05, 0.1) is 29.0 Å². The van der Waals surface area contributed by atoms with E-state index in [9.17, 15) is 9.59 Å². The summed E-state index contributed by atoms with van der Waals surface area (Å²) in [5, 5.41) is 0.525. The summed E-state index contributed by atoms with van der Waals surface area (Å²) in [7, 11) is 0. The lowest BCUT2D eigenvalue weighted by Gasteiger charge is -2.42. The van der Waals surface area contributed by atoms with E-state index >= 15 is 0 Å². The number of nitrogens with zero attached hydrogens (tertiary/aromatic N) is 4. The Morgan fingerprint density at radius 1 is 1.27 bits per heavy atom.